The minimum absolute atomic E-state index is 0.0164. The number of nitrogens with zero attached hydrogens (tertiary/aromatic N) is 1. The van der Waals surface area contributed by atoms with Gasteiger partial charge in [-0.15, -0.1) is 11.3 Å². The zero-order valence-corrected chi connectivity index (χ0v) is 13.5. The maximum atomic E-state index is 12.7. The molecule has 0 fully saturated rings. The topological polar surface area (TPSA) is 54.5 Å². The number of ketones is 1. The first-order valence-electron chi connectivity index (χ1n) is 5.90. The highest BCUT2D eigenvalue weighted by Crippen LogP contribution is 2.36. The Labute approximate surface area is 129 Å². The van der Waals surface area contributed by atoms with Gasteiger partial charge in [-0.1, -0.05) is 12.1 Å². The Kier molecular flexibility index (Phi) is 3.43. The third-order valence-corrected chi connectivity index (χ3v) is 7.58. The number of anilines is 1. The Morgan fingerprint density at radius 1 is 1.20 bits per heavy atom. The molecule has 0 N–H and O–H groups in total. The molecule has 0 saturated heterocycles. The summed E-state index contributed by atoms with van der Waals surface area (Å²) in [6.07, 6.45) is 0.208. The first-order chi connectivity index (χ1) is 9.51. The number of fused-ring (bicyclic) bond motifs is 1. The van der Waals surface area contributed by atoms with E-state index in [1.165, 1.54) is 4.31 Å². The Morgan fingerprint density at radius 2 is 1.95 bits per heavy atom. The van der Waals surface area contributed by atoms with Gasteiger partial charge in [0.2, 0.25) is 0 Å². The molecule has 7 heteroatoms. The zero-order valence-electron chi connectivity index (χ0n) is 10.2. The highest BCUT2D eigenvalue weighted by atomic mass is 79.9. The molecular formula is C13H10BrNO3S2. The molecule has 0 spiro atoms. The van der Waals surface area contributed by atoms with E-state index in [4.69, 9.17) is 0 Å². The maximum absolute atomic E-state index is 12.7. The van der Waals surface area contributed by atoms with E-state index in [0.29, 0.717) is 15.7 Å². The average Bonchev–Trinajstić information content (AvgIpc) is 2.86. The third-order valence-electron chi connectivity index (χ3n) is 3.12. The van der Waals surface area contributed by atoms with E-state index < -0.39 is 10.0 Å². The van der Waals surface area contributed by atoms with E-state index >= 15 is 0 Å². The number of carbonyl (C=O) groups excluding carboxylic acids is 1. The smallest absolute Gasteiger partial charge is 0.275 e. The van der Waals surface area contributed by atoms with Crippen LogP contribution in [-0.2, 0) is 10.0 Å². The number of halogens is 1. The number of carbonyl (C=O) groups is 1. The molecule has 2 heterocycles. The van der Waals surface area contributed by atoms with Gasteiger partial charge in [0.1, 0.15) is 0 Å². The lowest BCUT2D eigenvalue weighted by Gasteiger charge is -2.29. The van der Waals surface area contributed by atoms with Crippen molar-refractivity contribution in [1.29, 1.82) is 0 Å². The second-order valence-electron chi connectivity index (χ2n) is 4.32. The second kappa shape index (κ2) is 4.98. The first-order valence-corrected chi connectivity index (χ1v) is 9.01. The van der Waals surface area contributed by atoms with E-state index in [1.807, 2.05) is 0 Å². The molecule has 1 aliphatic rings. The van der Waals surface area contributed by atoms with Gasteiger partial charge in [0.05, 0.1) is 5.69 Å². The van der Waals surface area contributed by atoms with Gasteiger partial charge in [0.25, 0.3) is 10.0 Å². The summed E-state index contributed by atoms with van der Waals surface area (Å²) < 4.78 is 27.6. The SMILES string of the molecule is O=C1CCN(S(=O)(=O)c2sccc2Br)c2ccccc21. The van der Waals surface area contributed by atoms with Gasteiger partial charge in [-0.25, -0.2) is 8.42 Å². The van der Waals surface area contributed by atoms with Crippen LogP contribution in [0.4, 0.5) is 5.69 Å². The Bertz CT molecular complexity index is 782. The lowest BCUT2D eigenvalue weighted by Crippen LogP contribution is -2.37. The summed E-state index contributed by atoms with van der Waals surface area (Å²) in [5, 5.41) is 1.72. The minimum Gasteiger partial charge on any atom is -0.294 e. The van der Waals surface area contributed by atoms with Gasteiger partial charge in [0, 0.05) is 23.0 Å². The fourth-order valence-corrected chi connectivity index (χ4v) is 6.10. The molecule has 0 saturated carbocycles. The standard InChI is InChI=1S/C13H10BrNO3S2/c14-10-6-8-19-13(10)20(17,18)15-7-5-12(16)9-3-1-2-4-11(9)15/h1-4,6,8H,5,7H2. The third kappa shape index (κ3) is 2.10. The van der Waals surface area contributed by atoms with E-state index in [0.717, 1.165) is 11.3 Å². The molecular weight excluding hydrogens is 362 g/mol. The van der Waals surface area contributed by atoms with Gasteiger partial charge < -0.3 is 0 Å². The normalized spacial score (nSPS) is 15.2. The summed E-state index contributed by atoms with van der Waals surface area (Å²) in [7, 11) is -3.63. The average molecular weight is 372 g/mol. The summed E-state index contributed by atoms with van der Waals surface area (Å²) in [6, 6.07) is 8.53. The van der Waals surface area contributed by atoms with Gasteiger partial charge in [0.15, 0.2) is 9.99 Å². The fourth-order valence-electron chi connectivity index (χ4n) is 2.20. The van der Waals surface area contributed by atoms with Crippen molar-refractivity contribution in [3.8, 4) is 0 Å². The van der Waals surface area contributed by atoms with Crippen LogP contribution in [0.5, 0.6) is 0 Å². The number of para-hydroxylation sites is 1. The number of rotatable bonds is 2. The molecule has 1 aromatic carbocycles. The quantitative estimate of drug-likeness (QED) is 0.813. The maximum Gasteiger partial charge on any atom is 0.275 e. The predicted octanol–water partition coefficient (Wildman–Crippen LogP) is 3.29. The van der Waals surface area contributed by atoms with E-state index in [2.05, 4.69) is 15.9 Å². The molecule has 4 nitrogen and oxygen atoms in total. The van der Waals surface area contributed by atoms with Crippen LogP contribution < -0.4 is 4.31 Å². The lowest BCUT2D eigenvalue weighted by atomic mass is 10.0. The van der Waals surface area contributed by atoms with Crippen molar-refractivity contribution in [1.82, 2.24) is 0 Å². The monoisotopic (exact) mass is 371 g/mol. The van der Waals surface area contributed by atoms with Crippen LogP contribution in [-0.4, -0.2) is 20.7 Å². The first kappa shape index (κ1) is 13.8. The zero-order chi connectivity index (χ0) is 14.3. The molecule has 20 heavy (non-hydrogen) atoms. The van der Waals surface area contributed by atoms with Gasteiger partial charge >= 0.3 is 0 Å². The van der Waals surface area contributed by atoms with Crippen molar-refractivity contribution in [2.75, 3.05) is 10.8 Å². The summed E-state index contributed by atoms with van der Waals surface area (Å²) in [6.45, 7) is 0.183. The highest BCUT2D eigenvalue weighted by molar-refractivity contribution is 9.10. The number of hydrogen-bond acceptors (Lipinski definition) is 4. The molecule has 0 aliphatic carbocycles. The Hall–Kier alpha value is -1.18. The van der Waals surface area contributed by atoms with Crippen LogP contribution in [0.3, 0.4) is 0 Å². The molecule has 0 atom stereocenters. The highest BCUT2D eigenvalue weighted by Gasteiger charge is 2.33. The van der Waals surface area contributed by atoms with E-state index in [1.54, 1.807) is 35.7 Å². The van der Waals surface area contributed by atoms with Crippen molar-refractivity contribution in [3.63, 3.8) is 0 Å². The fraction of sp³-hybridized carbons (Fsp3) is 0.154. The summed E-state index contributed by atoms with van der Waals surface area (Å²) in [5.74, 6) is -0.0164. The molecule has 2 aromatic rings. The number of hydrogen-bond donors (Lipinski definition) is 0. The molecule has 104 valence electrons. The molecule has 0 amide bonds. The lowest BCUT2D eigenvalue weighted by molar-refractivity contribution is 0.0982. The van der Waals surface area contributed by atoms with Crippen LogP contribution in [0.15, 0.2) is 44.4 Å². The van der Waals surface area contributed by atoms with E-state index in [-0.39, 0.29) is 23.0 Å². The van der Waals surface area contributed by atoms with Gasteiger partial charge in [-0.2, -0.15) is 0 Å². The molecule has 3 rings (SSSR count). The molecule has 1 aromatic heterocycles. The van der Waals surface area contributed by atoms with Gasteiger partial charge in [-0.3, -0.25) is 9.10 Å². The largest absolute Gasteiger partial charge is 0.294 e. The molecule has 1 aliphatic heterocycles. The number of thiophene rings is 1. The number of benzene rings is 1. The van der Waals surface area contributed by atoms with Crippen LogP contribution in [0.1, 0.15) is 16.8 Å². The van der Waals surface area contributed by atoms with Crippen LogP contribution in [0, 0.1) is 0 Å². The summed E-state index contributed by atoms with van der Waals surface area (Å²) >= 11 is 4.42. The van der Waals surface area contributed by atoms with Crippen molar-refractivity contribution in [2.45, 2.75) is 10.6 Å². The van der Waals surface area contributed by atoms with Crippen LogP contribution >= 0.6 is 27.3 Å². The van der Waals surface area contributed by atoms with Crippen molar-refractivity contribution >= 4 is 48.8 Å². The predicted molar refractivity (Wildman–Crippen MR) is 81.9 cm³/mol. The summed E-state index contributed by atoms with van der Waals surface area (Å²) in [4.78, 5) is 11.9. The van der Waals surface area contributed by atoms with Gasteiger partial charge in [-0.05, 0) is 39.5 Å². The molecule has 0 radical (unpaired) electrons. The van der Waals surface area contributed by atoms with Crippen molar-refractivity contribution in [3.05, 3.63) is 45.7 Å². The Morgan fingerprint density at radius 3 is 2.65 bits per heavy atom. The molecule has 0 unspecified atom stereocenters. The van der Waals surface area contributed by atoms with E-state index in [9.17, 15) is 13.2 Å². The van der Waals surface area contributed by atoms with Crippen LogP contribution in [0.25, 0.3) is 0 Å². The minimum atomic E-state index is -3.63. The number of sulfonamides is 1. The Balaban J connectivity index is 2.15. The second-order valence-corrected chi connectivity index (χ2v) is 8.15. The van der Waals surface area contributed by atoms with Crippen molar-refractivity contribution < 1.29 is 13.2 Å². The van der Waals surface area contributed by atoms with Crippen molar-refractivity contribution in [2.24, 2.45) is 0 Å². The molecule has 0 bridgehead atoms. The summed E-state index contributed by atoms with van der Waals surface area (Å²) in [5.41, 5.74) is 0.930. The number of Topliss-reactive ketones (excluding diaryl/α,β-unsaturated/α-hetero) is 1. The van der Waals surface area contributed by atoms with Crippen LogP contribution in [0.2, 0.25) is 0 Å².